The van der Waals surface area contributed by atoms with Crippen molar-refractivity contribution < 1.29 is 24.6 Å². The summed E-state index contributed by atoms with van der Waals surface area (Å²) < 4.78 is 4.94. The van der Waals surface area contributed by atoms with Crippen molar-refractivity contribution in [1.29, 1.82) is 0 Å². The number of guanidine groups is 1. The maximum absolute atomic E-state index is 11.9. The third-order valence-corrected chi connectivity index (χ3v) is 4.19. The molecule has 0 spiro atoms. The number of aliphatic carboxylic acids is 1. The molecule has 0 saturated carbocycles. The number of carbonyl (C=O) groups excluding carboxylic acids is 1. The van der Waals surface area contributed by atoms with E-state index in [2.05, 4.69) is 24.9 Å². The molecule has 0 fully saturated rings. The van der Waals surface area contributed by atoms with Gasteiger partial charge in [0.1, 0.15) is 11.3 Å². The van der Waals surface area contributed by atoms with Crippen LogP contribution in [0.3, 0.4) is 0 Å². The van der Waals surface area contributed by atoms with Crippen LogP contribution in [0.1, 0.15) is 37.9 Å². The van der Waals surface area contributed by atoms with Gasteiger partial charge in [0.05, 0.1) is 19.1 Å². The van der Waals surface area contributed by atoms with Crippen molar-refractivity contribution in [3.8, 4) is 0 Å². The third kappa shape index (κ3) is 7.16. The zero-order valence-electron chi connectivity index (χ0n) is 16.4. The highest BCUT2D eigenvalue weighted by Gasteiger charge is 2.29. The molecular weight excluding hydrogens is 396 g/mol. The minimum Gasteiger partial charge on any atom is -0.480 e. The number of imidazole rings is 1. The van der Waals surface area contributed by atoms with Gasteiger partial charge in [0.15, 0.2) is 17.6 Å². The normalized spacial score (nSPS) is 11.8. The number of nitrogens with one attached hydrogen (secondary N) is 1. The number of aryl methyl sites for hydroxylation is 1. The number of fused-ring (bicyclic) bond motifs is 1. The summed E-state index contributed by atoms with van der Waals surface area (Å²) in [6.07, 6.45) is 5.08. The van der Waals surface area contributed by atoms with Gasteiger partial charge in [0.25, 0.3) is 0 Å². The number of amides is 1. The Balaban J connectivity index is 1.65. The van der Waals surface area contributed by atoms with Crippen molar-refractivity contribution in [3.63, 3.8) is 0 Å². The first-order valence-corrected chi connectivity index (χ1v) is 9.46. The molecule has 0 aliphatic rings. The number of H-pyrrole nitrogens is 1. The molecule has 164 valence electrons. The molecule has 7 N–H and O–H groups in total. The van der Waals surface area contributed by atoms with Crippen LogP contribution in [0, 0.1) is 0 Å². The summed E-state index contributed by atoms with van der Waals surface area (Å²) in [6.45, 7) is 0.237. The van der Waals surface area contributed by atoms with Gasteiger partial charge in [-0.1, -0.05) is 0 Å². The van der Waals surface area contributed by atoms with Gasteiger partial charge in [-0.3, -0.25) is 10.2 Å². The van der Waals surface area contributed by atoms with Gasteiger partial charge in [-0.2, -0.15) is 5.06 Å². The number of aromatic nitrogens is 4. The molecule has 0 bridgehead atoms. The number of aromatic amines is 1. The number of carboxylic acids is 1. The van der Waals surface area contributed by atoms with E-state index in [1.165, 1.54) is 0 Å². The average molecular weight is 422 g/mol. The van der Waals surface area contributed by atoms with E-state index in [-0.39, 0.29) is 37.0 Å². The molecule has 13 heteroatoms. The van der Waals surface area contributed by atoms with Crippen molar-refractivity contribution in [3.05, 3.63) is 18.3 Å². The predicted octanol–water partition coefficient (Wildman–Crippen LogP) is 0.400. The third-order valence-electron chi connectivity index (χ3n) is 4.19. The SMILES string of the molecule is NC(N)=NCCC[C@H](C(=O)O)N(O)C(=O)OCCCCCc1ncc2[nH]cnc2n1. The Morgan fingerprint density at radius 1 is 1.23 bits per heavy atom. The van der Waals surface area contributed by atoms with Gasteiger partial charge in [-0.15, -0.1) is 0 Å². The molecule has 1 atom stereocenters. The fourth-order valence-electron chi connectivity index (χ4n) is 2.65. The zero-order valence-corrected chi connectivity index (χ0v) is 16.4. The van der Waals surface area contributed by atoms with Gasteiger partial charge in [-0.25, -0.2) is 24.5 Å². The number of nitrogens with zero attached hydrogens (tertiary/aromatic N) is 5. The highest BCUT2D eigenvalue weighted by Crippen LogP contribution is 2.10. The smallest absolute Gasteiger partial charge is 0.434 e. The standard InChI is InChI=1S/C17H26N8O5/c18-16(19)20-7-4-5-12(15(26)27)25(29)17(28)30-8-3-1-2-6-13-21-9-11-14(24-13)23-10-22-11/h9-10,12,29H,1-8H2,(H,26,27)(H4,18,19,20)(H,21,22,23,24)/t12-/m1/s1. The minimum atomic E-state index is -1.44. The van der Waals surface area contributed by atoms with E-state index in [0.717, 1.165) is 18.4 Å². The summed E-state index contributed by atoms with van der Waals surface area (Å²) in [4.78, 5) is 42.4. The Morgan fingerprint density at radius 2 is 2.03 bits per heavy atom. The summed E-state index contributed by atoms with van der Waals surface area (Å²) in [7, 11) is 0. The second-order valence-corrected chi connectivity index (χ2v) is 6.50. The second-order valence-electron chi connectivity index (χ2n) is 6.50. The van der Waals surface area contributed by atoms with Gasteiger partial charge in [-0.05, 0) is 32.1 Å². The number of nitrogens with two attached hydrogens (primary N) is 2. The van der Waals surface area contributed by atoms with E-state index < -0.39 is 18.1 Å². The Morgan fingerprint density at radius 3 is 2.77 bits per heavy atom. The van der Waals surface area contributed by atoms with Gasteiger partial charge >= 0.3 is 12.1 Å². The highest BCUT2D eigenvalue weighted by molar-refractivity contribution is 5.79. The first-order chi connectivity index (χ1) is 14.4. The Labute approximate surface area is 172 Å². The number of hydroxylamine groups is 2. The van der Waals surface area contributed by atoms with Crippen LogP contribution in [0.15, 0.2) is 17.5 Å². The van der Waals surface area contributed by atoms with E-state index in [1.807, 2.05) is 0 Å². The Bertz CT molecular complexity index is 867. The second kappa shape index (κ2) is 11.5. The van der Waals surface area contributed by atoms with Crippen LogP contribution < -0.4 is 11.5 Å². The number of hydrogen-bond acceptors (Lipinski definition) is 8. The first kappa shape index (κ1) is 22.8. The van der Waals surface area contributed by atoms with Gasteiger partial charge in [0, 0.05) is 13.0 Å². The molecule has 2 rings (SSSR count). The molecule has 1 amide bonds. The molecule has 30 heavy (non-hydrogen) atoms. The average Bonchev–Trinajstić information content (AvgIpc) is 3.17. The lowest BCUT2D eigenvalue weighted by Gasteiger charge is -2.21. The largest absolute Gasteiger partial charge is 0.480 e. The topological polar surface area (TPSA) is 206 Å². The van der Waals surface area contributed by atoms with Gasteiger partial charge < -0.3 is 26.3 Å². The van der Waals surface area contributed by atoms with Crippen molar-refractivity contribution >= 4 is 29.2 Å². The number of ether oxygens (including phenoxy) is 1. The van der Waals surface area contributed by atoms with Crippen LogP contribution in [0.25, 0.3) is 11.2 Å². The van der Waals surface area contributed by atoms with E-state index in [0.29, 0.717) is 24.3 Å². The summed E-state index contributed by atoms with van der Waals surface area (Å²) >= 11 is 0. The highest BCUT2D eigenvalue weighted by atomic mass is 16.6. The minimum absolute atomic E-state index is 0.0297. The fraction of sp³-hybridized carbons (Fsp3) is 0.529. The molecule has 0 saturated heterocycles. The van der Waals surface area contributed by atoms with Gasteiger partial charge in [0.2, 0.25) is 0 Å². The van der Waals surface area contributed by atoms with Crippen molar-refractivity contribution in [2.75, 3.05) is 13.2 Å². The lowest BCUT2D eigenvalue weighted by Crippen LogP contribution is -2.43. The summed E-state index contributed by atoms with van der Waals surface area (Å²) in [6, 6.07) is -1.44. The van der Waals surface area contributed by atoms with Crippen LogP contribution in [0.4, 0.5) is 4.79 Å². The molecule has 0 aromatic carbocycles. The molecule has 2 aromatic heterocycles. The molecular formula is C17H26N8O5. The number of rotatable bonds is 12. The molecule has 0 radical (unpaired) electrons. The van der Waals surface area contributed by atoms with Crippen LogP contribution in [-0.4, -0.2) is 72.5 Å². The Hall–Kier alpha value is -3.48. The number of hydrogen-bond donors (Lipinski definition) is 5. The molecule has 2 aromatic rings. The number of carboxylic acid groups (broad SMARTS) is 1. The molecule has 0 unspecified atom stereocenters. The number of aliphatic imine (C=N–C) groups is 1. The lowest BCUT2D eigenvalue weighted by atomic mass is 10.1. The summed E-state index contributed by atoms with van der Waals surface area (Å²) in [5.41, 5.74) is 11.8. The van der Waals surface area contributed by atoms with E-state index >= 15 is 0 Å². The number of carbonyl (C=O) groups is 2. The molecule has 13 nitrogen and oxygen atoms in total. The maximum Gasteiger partial charge on any atom is 0.434 e. The molecule has 0 aliphatic carbocycles. The van der Waals surface area contributed by atoms with Crippen LogP contribution >= 0.6 is 0 Å². The van der Waals surface area contributed by atoms with E-state index in [1.54, 1.807) is 12.5 Å². The zero-order chi connectivity index (χ0) is 21.9. The van der Waals surface area contributed by atoms with Crippen molar-refractivity contribution in [2.24, 2.45) is 16.5 Å². The summed E-state index contributed by atoms with van der Waals surface area (Å²) in [5, 5.41) is 19.1. The van der Waals surface area contributed by atoms with Crippen molar-refractivity contribution in [2.45, 2.75) is 44.6 Å². The van der Waals surface area contributed by atoms with Crippen LogP contribution in [0.5, 0.6) is 0 Å². The van der Waals surface area contributed by atoms with Crippen LogP contribution in [0.2, 0.25) is 0 Å². The molecule has 2 heterocycles. The maximum atomic E-state index is 11.9. The monoisotopic (exact) mass is 422 g/mol. The Kier molecular flexibility index (Phi) is 8.75. The quantitative estimate of drug-likeness (QED) is 0.105. The van der Waals surface area contributed by atoms with Crippen LogP contribution in [-0.2, 0) is 16.0 Å². The lowest BCUT2D eigenvalue weighted by molar-refractivity contribution is -0.162. The fourth-order valence-corrected chi connectivity index (χ4v) is 2.65. The summed E-state index contributed by atoms with van der Waals surface area (Å²) in [5.74, 6) is -0.790. The van der Waals surface area contributed by atoms with Crippen molar-refractivity contribution in [1.82, 2.24) is 25.0 Å². The van der Waals surface area contributed by atoms with E-state index in [4.69, 9.17) is 16.2 Å². The molecule has 0 aliphatic heterocycles. The first-order valence-electron chi connectivity index (χ1n) is 9.46. The predicted molar refractivity (Wildman–Crippen MR) is 106 cm³/mol. The number of unbranched alkanes of at least 4 members (excludes halogenated alkanes) is 2. The van der Waals surface area contributed by atoms with E-state index in [9.17, 15) is 19.9 Å².